The number of hydrogen-bond donors (Lipinski definition) is 1. The van der Waals surface area contributed by atoms with Crippen molar-refractivity contribution < 1.29 is 0 Å². The summed E-state index contributed by atoms with van der Waals surface area (Å²) in [6, 6.07) is 7.33. The maximum absolute atomic E-state index is 3.52. The predicted octanol–water partition coefficient (Wildman–Crippen LogP) is 4.27. The summed E-state index contributed by atoms with van der Waals surface area (Å²) in [6.07, 6.45) is 1.12. The van der Waals surface area contributed by atoms with Gasteiger partial charge in [0.05, 0.1) is 0 Å². The molecule has 1 nitrogen and oxygen atoms in total. The molecule has 2 aromatic rings. The number of aryl methyl sites for hydroxylation is 2. The number of hydrogen-bond acceptors (Lipinski definition) is 2. The van der Waals surface area contributed by atoms with Gasteiger partial charge in [-0.1, -0.05) is 38.5 Å². The normalized spacial score (nSPS) is 11.6. The lowest BCUT2D eigenvalue weighted by Crippen LogP contribution is -2.21. The highest BCUT2D eigenvalue weighted by Gasteiger charge is 2.10. The van der Waals surface area contributed by atoms with Crippen molar-refractivity contribution in [1.82, 2.24) is 5.32 Å². The van der Waals surface area contributed by atoms with Gasteiger partial charge in [0, 0.05) is 22.2 Å². The summed E-state index contributed by atoms with van der Waals surface area (Å²) in [5, 5.41) is 4.98. The molecule has 0 unspecified atom stereocenters. The van der Waals surface area contributed by atoms with Crippen LogP contribution in [0.2, 0.25) is 0 Å². The van der Waals surface area contributed by atoms with Crippen LogP contribution < -0.4 is 5.32 Å². The first-order valence-electron chi connectivity index (χ1n) is 6.36. The van der Waals surface area contributed by atoms with Gasteiger partial charge in [0.2, 0.25) is 0 Å². The van der Waals surface area contributed by atoms with Crippen LogP contribution in [0.3, 0.4) is 0 Å². The zero-order valence-electron chi connectivity index (χ0n) is 11.1. The first-order valence-corrected chi connectivity index (χ1v) is 7.17. The summed E-state index contributed by atoms with van der Waals surface area (Å²) in [7, 11) is 0. The Morgan fingerprint density at radius 2 is 2.06 bits per heavy atom. The smallest absolute Gasteiger partial charge is 0.0349 e. The van der Waals surface area contributed by atoms with Crippen LogP contribution in [0.5, 0.6) is 0 Å². The highest BCUT2D eigenvalue weighted by atomic mass is 32.1. The van der Waals surface area contributed by atoms with Crippen molar-refractivity contribution in [3.05, 3.63) is 34.2 Å². The van der Waals surface area contributed by atoms with E-state index >= 15 is 0 Å². The van der Waals surface area contributed by atoms with Crippen molar-refractivity contribution in [2.24, 2.45) is 0 Å². The Kier molecular flexibility index (Phi) is 3.85. The molecule has 0 radical (unpaired) electrons. The summed E-state index contributed by atoms with van der Waals surface area (Å²) in [4.78, 5) is 1.50. The summed E-state index contributed by atoms with van der Waals surface area (Å²) >= 11 is 1.94. The highest BCUT2D eigenvalue weighted by Crippen LogP contribution is 2.32. The second-order valence-corrected chi connectivity index (χ2v) is 6.03. The largest absolute Gasteiger partial charge is 0.310 e. The zero-order valence-corrected chi connectivity index (χ0v) is 11.9. The quantitative estimate of drug-likeness (QED) is 0.850. The van der Waals surface area contributed by atoms with E-state index in [0.29, 0.717) is 6.04 Å². The lowest BCUT2D eigenvalue weighted by atomic mass is 10.1. The molecule has 0 aliphatic heterocycles. The third kappa shape index (κ3) is 2.70. The minimum atomic E-state index is 0.548. The summed E-state index contributed by atoms with van der Waals surface area (Å²) in [5.41, 5.74) is 2.88. The average molecular weight is 247 g/mol. The third-order valence-electron chi connectivity index (χ3n) is 3.05. The van der Waals surface area contributed by atoms with E-state index in [0.717, 1.165) is 13.0 Å². The number of nitrogens with one attached hydrogen (secondary N) is 1. The molecule has 0 spiro atoms. The molecule has 0 bridgehead atoms. The van der Waals surface area contributed by atoms with Gasteiger partial charge in [-0.05, 0) is 30.4 Å². The number of fused-ring (bicyclic) bond motifs is 1. The molecule has 0 aliphatic carbocycles. The van der Waals surface area contributed by atoms with Gasteiger partial charge in [0.15, 0.2) is 0 Å². The molecule has 1 aromatic heterocycles. The van der Waals surface area contributed by atoms with Crippen molar-refractivity contribution in [2.75, 3.05) is 0 Å². The van der Waals surface area contributed by atoms with E-state index < -0.39 is 0 Å². The second kappa shape index (κ2) is 5.19. The van der Waals surface area contributed by atoms with E-state index in [2.05, 4.69) is 51.2 Å². The molecule has 17 heavy (non-hydrogen) atoms. The van der Waals surface area contributed by atoms with Crippen molar-refractivity contribution in [1.29, 1.82) is 0 Å². The lowest BCUT2D eigenvalue weighted by Gasteiger charge is -2.07. The molecule has 0 fully saturated rings. The number of thiophene rings is 1. The van der Waals surface area contributed by atoms with E-state index in [1.54, 1.807) is 0 Å². The van der Waals surface area contributed by atoms with E-state index in [4.69, 9.17) is 0 Å². The molecule has 2 heteroatoms. The first kappa shape index (κ1) is 12.6. The molecular weight excluding hydrogens is 226 g/mol. The Morgan fingerprint density at radius 1 is 1.29 bits per heavy atom. The lowest BCUT2D eigenvalue weighted by molar-refractivity contribution is 0.591. The fraction of sp³-hybridized carbons (Fsp3) is 0.467. The Balaban J connectivity index is 2.41. The highest BCUT2D eigenvalue weighted by molar-refractivity contribution is 7.19. The van der Waals surface area contributed by atoms with Crippen LogP contribution in [0.15, 0.2) is 18.2 Å². The SMILES string of the molecule is CCc1c(CNC(C)C)sc2ccc(C)cc12. The second-order valence-electron chi connectivity index (χ2n) is 4.89. The van der Waals surface area contributed by atoms with Gasteiger partial charge in [0.25, 0.3) is 0 Å². The third-order valence-corrected chi connectivity index (χ3v) is 4.27. The van der Waals surface area contributed by atoms with Gasteiger partial charge in [0.1, 0.15) is 0 Å². The van der Waals surface area contributed by atoms with Crippen LogP contribution in [0, 0.1) is 6.92 Å². The van der Waals surface area contributed by atoms with Gasteiger partial charge < -0.3 is 5.32 Å². The average Bonchev–Trinajstić information content (AvgIpc) is 2.63. The van der Waals surface area contributed by atoms with Crippen molar-refractivity contribution in [2.45, 2.75) is 46.7 Å². The molecular formula is C15H21NS. The minimum absolute atomic E-state index is 0.548. The Morgan fingerprint density at radius 3 is 2.71 bits per heavy atom. The molecule has 0 saturated heterocycles. The molecule has 0 amide bonds. The van der Waals surface area contributed by atoms with E-state index in [9.17, 15) is 0 Å². The van der Waals surface area contributed by atoms with Crippen LogP contribution in [0.1, 0.15) is 36.8 Å². The maximum atomic E-state index is 3.52. The van der Waals surface area contributed by atoms with Gasteiger partial charge in [-0.15, -0.1) is 11.3 Å². The van der Waals surface area contributed by atoms with E-state index in [1.807, 2.05) is 11.3 Å². The van der Waals surface area contributed by atoms with Crippen molar-refractivity contribution >= 4 is 21.4 Å². The molecule has 1 heterocycles. The molecule has 92 valence electrons. The number of rotatable bonds is 4. The van der Waals surface area contributed by atoms with Crippen LogP contribution in [0.25, 0.3) is 10.1 Å². The van der Waals surface area contributed by atoms with Gasteiger partial charge in [-0.3, -0.25) is 0 Å². The molecule has 0 saturated carbocycles. The first-order chi connectivity index (χ1) is 8.11. The van der Waals surface area contributed by atoms with Gasteiger partial charge in [-0.25, -0.2) is 0 Å². The standard InChI is InChI=1S/C15H21NS/c1-5-12-13-8-11(4)6-7-14(13)17-15(12)9-16-10(2)3/h6-8,10,16H,5,9H2,1-4H3. The van der Waals surface area contributed by atoms with Crippen molar-refractivity contribution in [3.8, 4) is 0 Å². The van der Waals surface area contributed by atoms with Crippen molar-refractivity contribution in [3.63, 3.8) is 0 Å². The fourth-order valence-electron chi connectivity index (χ4n) is 2.14. The summed E-state index contributed by atoms with van der Waals surface area (Å²) in [5.74, 6) is 0. The molecule has 2 rings (SSSR count). The van der Waals surface area contributed by atoms with Gasteiger partial charge >= 0.3 is 0 Å². The predicted molar refractivity (Wildman–Crippen MR) is 77.9 cm³/mol. The van der Waals surface area contributed by atoms with E-state index in [1.165, 1.54) is 26.1 Å². The van der Waals surface area contributed by atoms with Crippen LogP contribution in [-0.4, -0.2) is 6.04 Å². The summed E-state index contributed by atoms with van der Waals surface area (Å²) < 4.78 is 1.42. The Labute approximate surface area is 108 Å². The zero-order chi connectivity index (χ0) is 12.4. The van der Waals surface area contributed by atoms with Crippen LogP contribution >= 0.6 is 11.3 Å². The number of benzene rings is 1. The van der Waals surface area contributed by atoms with Gasteiger partial charge in [-0.2, -0.15) is 0 Å². The molecule has 0 atom stereocenters. The minimum Gasteiger partial charge on any atom is -0.310 e. The molecule has 1 N–H and O–H groups in total. The monoisotopic (exact) mass is 247 g/mol. The Hall–Kier alpha value is -0.860. The Bertz CT molecular complexity index is 511. The fourth-order valence-corrected chi connectivity index (χ4v) is 3.37. The topological polar surface area (TPSA) is 12.0 Å². The van der Waals surface area contributed by atoms with Crippen LogP contribution in [0.4, 0.5) is 0 Å². The van der Waals surface area contributed by atoms with Crippen LogP contribution in [-0.2, 0) is 13.0 Å². The molecule has 1 aromatic carbocycles. The maximum Gasteiger partial charge on any atom is 0.0349 e. The van der Waals surface area contributed by atoms with E-state index in [-0.39, 0.29) is 0 Å². The molecule has 0 aliphatic rings. The summed E-state index contributed by atoms with van der Waals surface area (Å²) in [6.45, 7) is 9.82.